The minimum absolute atomic E-state index is 0.0556. The Bertz CT molecular complexity index is 451. The Kier molecular flexibility index (Phi) is 6.20. The Labute approximate surface area is 115 Å². The number of carbonyl (C=O) groups excluding carboxylic acids is 2. The molecule has 0 unspecified atom stereocenters. The van der Waals surface area contributed by atoms with E-state index in [1.807, 2.05) is 0 Å². The van der Waals surface area contributed by atoms with E-state index in [9.17, 15) is 9.59 Å². The van der Waals surface area contributed by atoms with Crippen LogP contribution < -0.4 is 10.6 Å². The van der Waals surface area contributed by atoms with Crippen molar-refractivity contribution >= 4 is 29.1 Å². The maximum Gasteiger partial charge on any atom is 0.313 e. The zero-order chi connectivity index (χ0) is 14.3. The summed E-state index contributed by atoms with van der Waals surface area (Å²) in [5, 5.41) is 4.81. The Morgan fingerprint density at radius 3 is 2.63 bits per heavy atom. The van der Waals surface area contributed by atoms with Crippen molar-refractivity contribution in [3.63, 3.8) is 0 Å². The topological polar surface area (TPSA) is 89.5 Å². The molecule has 1 aromatic heterocycles. The van der Waals surface area contributed by atoms with Gasteiger partial charge in [0, 0.05) is 20.4 Å². The number of rotatable bonds is 5. The van der Waals surface area contributed by atoms with Crippen LogP contribution >= 0.6 is 11.6 Å². The Morgan fingerprint density at radius 2 is 2.05 bits per heavy atom. The van der Waals surface area contributed by atoms with Crippen molar-refractivity contribution in [1.29, 1.82) is 0 Å². The Morgan fingerprint density at radius 1 is 1.37 bits per heavy atom. The molecule has 0 spiro atoms. The summed E-state index contributed by atoms with van der Waals surface area (Å²) in [5.41, 5.74) is 0.263. The maximum atomic E-state index is 11.6. The number of halogens is 1. The van der Waals surface area contributed by atoms with Crippen molar-refractivity contribution in [3.05, 3.63) is 23.5 Å². The molecule has 0 saturated heterocycles. The molecule has 0 aliphatic rings. The van der Waals surface area contributed by atoms with E-state index in [0.29, 0.717) is 0 Å². The highest BCUT2D eigenvalue weighted by atomic mass is 35.5. The van der Waals surface area contributed by atoms with Crippen molar-refractivity contribution in [2.75, 3.05) is 26.1 Å². The number of hydrogen-bond donors (Lipinski definition) is 2. The summed E-state index contributed by atoms with van der Waals surface area (Å²) in [4.78, 5) is 26.8. The van der Waals surface area contributed by atoms with E-state index in [-0.39, 0.29) is 17.4 Å². The number of pyridine rings is 1. The molecule has 2 N–H and O–H groups in total. The highest BCUT2D eigenvalue weighted by Gasteiger charge is 2.16. The molecule has 104 valence electrons. The Balaban J connectivity index is 2.50. The van der Waals surface area contributed by atoms with Gasteiger partial charge in [-0.2, -0.15) is 0 Å². The first-order chi connectivity index (χ1) is 9.08. The molecule has 1 aromatic rings. The molecule has 19 heavy (non-hydrogen) atoms. The number of nitrogens with zero attached hydrogens (tertiary/aromatic N) is 1. The third kappa shape index (κ3) is 4.82. The normalized spacial score (nSPS) is 10.3. The summed E-state index contributed by atoms with van der Waals surface area (Å²) >= 11 is 5.75. The fraction of sp³-hybridized carbons (Fsp3) is 0.364. The van der Waals surface area contributed by atoms with Crippen LogP contribution in [0.2, 0.25) is 5.15 Å². The average molecular weight is 288 g/mol. The molecule has 7 nitrogen and oxygen atoms in total. The van der Waals surface area contributed by atoms with Crippen molar-refractivity contribution < 1.29 is 19.1 Å². The number of nitrogens with one attached hydrogen (secondary N) is 2. The van der Waals surface area contributed by atoms with Crippen LogP contribution in [0, 0.1) is 0 Å². The van der Waals surface area contributed by atoms with Gasteiger partial charge in [0.25, 0.3) is 0 Å². The summed E-state index contributed by atoms with van der Waals surface area (Å²) < 4.78 is 9.73. The molecule has 0 aliphatic heterocycles. The molecule has 1 heterocycles. The van der Waals surface area contributed by atoms with Gasteiger partial charge in [0.05, 0.1) is 12.2 Å². The number of amides is 2. The molecular formula is C11H14ClN3O4. The molecule has 0 aliphatic carbocycles. The maximum absolute atomic E-state index is 11.6. The van der Waals surface area contributed by atoms with Crippen LogP contribution in [0.15, 0.2) is 18.3 Å². The second-order valence-electron chi connectivity index (χ2n) is 3.41. The van der Waals surface area contributed by atoms with Gasteiger partial charge in [-0.25, -0.2) is 4.98 Å². The third-order valence-electron chi connectivity index (χ3n) is 2.17. The predicted molar refractivity (Wildman–Crippen MR) is 68.7 cm³/mol. The lowest BCUT2D eigenvalue weighted by atomic mass is 10.4. The van der Waals surface area contributed by atoms with Gasteiger partial charge in [0.15, 0.2) is 11.4 Å². The van der Waals surface area contributed by atoms with Gasteiger partial charge < -0.3 is 20.1 Å². The molecule has 0 aromatic carbocycles. The first kappa shape index (κ1) is 15.4. The first-order valence-electron chi connectivity index (χ1n) is 5.33. The van der Waals surface area contributed by atoms with Gasteiger partial charge >= 0.3 is 11.8 Å². The van der Waals surface area contributed by atoms with Gasteiger partial charge in [0.2, 0.25) is 0 Å². The van der Waals surface area contributed by atoms with Gasteiger partial charge in [0.1, 0.15) is 0 Å². The number of anilines is 1. The summed E-state index contributed by atoms with van der Waals surface area (Å²) in [5.74, 6) is -1.67. The highest BCUT2D eigenvalue weighted by molar-refractivity contribution is 6.41. The van der Waals surface area contributed by atoms with Crippen LogP contribution in [-0.2, 0) is 19.1 Å². The highest BCUT2D eigenvalue weighted by Crippen LogP contribution is 2.16. The minimum Gasteiger partial charge on any atom is -0.354 e. The van der Waals surface area contributed by atoms with Crippen molar-refractivity contribution in [3.8, 4) is 0 Å². The number of hydrogen-bond acceptors (Lipinski definition) is 5. The lowest BCUT2D eigenvalue weighted by molar-refractivity contribution is -0.139. The van der Waals surface area contributed by atoms with E-state index in [4.69, 9.17) is 21.1 Å². The van der Waals surface area contributed by atoms with Gasteiger partial charge in [-0.3, -0.25) is 9.59 Å². The van der Waals surface area contributed by atoms with Crippen LogP contribution in [0.4, 0.5) is 5.69 Å². The van der Waals surface area contributed by atoms with Gasteiger partial charge in [-0.1, -0.05) is 11.6 Å². The van der Waals surface area contributed by atoms with Crippen LogP contribution in [0.25, 0.3) is 0 Å². The molecule has 0 radical (unpaired) electrons. The Hall–Kier alpha value is -1.70. The van der Waals surface area contributed by atoms with Crippen molar-refractivity contribution in [1.82, 2.24) is 10.3 Å². The van der Waals surface area contributed by atoms with Crippen molar-refractivity contribution in [2.45, 2.75) is 6.29 Å². The predicted octanol–water partition coefficient (Wildman–Crippen LogP) is 0.409. The lowest BCUT2D eigenvalue weighted by Crippen LogP contribution is -2.40. The summed E-state index contributed by atoms with van der Waals surface area (Å²) in [6.45, 7) is 0.0556. The fourth-order valence-corrected chi connectivity index (χ4v) is 1.34. The first-order valence-corrected chi connectivity index (χ1v) is 5.71. The van der Waals surface area contributed by atoms with Gasteiger partial charge in [-0.05, 0) is 12.1 Å². The smallest absolute Gasteiger partial charge is 0.313 e. The fourth-order valence-electron chi connectivity index (χ4n) is 1.18. The number of ether oxygens (including phenoxy) is 2. The molecule has 0 saturated carbocycles. The van der Waals surface area contributed by atoms with Crippen LogP contribution in [0.5, 0.6) is 0 Å². The second kappa shape index (κ2) is 7.67. The summed E-state index contributed by atoms with van der Waals surface area (Å²) in [7, 11) is 2.85. The molecule has 2 amide bonds. The average Bonchev–Trinajstić information content (AvgIpc) is 2.42. The lowest BCUT2D eigenvalue weighted by Gasteiger charge is -2.13. The third-order valence-corrected chi connectivity index (χ3v) is 2.47. The van der Waals surface area contributed by atoms with Crippen LogP contribution in [-0.4, -0.2) is 43.9 Å². The van der Waals surface area contributed by atoms with E-state index in [2.05, 4.69) is 15.6 Å². The molecule has 0 fully saturated rings. The quantitative estimate of drug-likeness (QED) is 0.465. The molecule has 1 rings (SSSR count). The van der Waals surface area contributed by atoms with Crippen LogP contribution in [0.3, 0.4) is 0 Å². The van der Waals surface area contributed by atoms with Gasteiger partial charge in [-0.15, -0.1) is 0 Å². The summed E-state index contributed by atoms with van der Waals surface area (Å²) in [6.07, 6.45) is 0.860. The number of aromatic nitrogens is 1. The monoisotopic (exact) mass is 287 g/mol. The van der Waals surface area contributed by atoms with Crippen LogP contribution in [0.1, 0.15) is 0 Å². The SMILES string of the molecule is COC(CNC(=O)C(=O)Nc1cccnc1Cl)OC. The zero-order valence-electron chi connectivity index (χ0n) is 10.5. The van der Waals surface area contributed by atoms with E-state index >= 15 is 0 Å². The molecular weight excluding hydrogens is 274 g/mol. The second-order valence-corrected chi connectivity index (χ2v) is 3.76. The van der Waals surface area contributed by atoms with E-state index < -0.39 is 18.1 Å². The largest absolute Gasteiger partial charge is 0.354 e. The number of methoxy groups -OCH3 is 2. The molecule has 0 atom stereocenters. The summed E-state index contributed by atoms with van der Waals surface area (Å²) in [6, 6.07) is 3.12. The standard InChI is InChI=1S/C11H14ClN3O4/c1-18-8(19-2)6-14-10(16)11(17)15-7-4-3-5-13-9(7)12/h3-5,8H,6H2,1-2H3,(H,14,16)(H,15,17). The zero-order valence-corrected chi connectivity index (χ0v) is 11.2. The molecule has 8 heteroatoms. The van der Waals surface area contributed by atoms with E-state index in [0.717, 1.165) is 0 Å². The van der Waals surface area contributed by atoms with Crippen molar-refractivity contribution in [2.24, 2.45) is 0 Å². The van der Waals surface area contributed by atoms with E-state index in [1.54, 1.807) is 6.07 Å². The minimum atomic E-state index is -0.846. The molecule has 0 bridgehead atoms. The number of carbonyl (C=O) groups is 2. The van der Waals surface area contributed by atoms with E-state index in [1.165, 1.54) is 26.5 Å².